The average Bonchev–Trinajstić information content (AvgIpc) is 2.81. The number of aromatic nitrogens is 1. The van der Waals surface area contributed by atoms with Gasteiger partial charge in [-0.05, 0) is 50.9 Å². The minimum atomic E-state index is 0. The summed E-state index contributed by atoms with van der Waals surface area (Å²) in [5.41, 5.74) is 0.978. The molecule has 0 aromatic carbocycles. The molecule has 0 spiro atoms. The lowest BCUT2D eigenvalue weighted by molar-refractivity contribution is -0.138. The van der Waals surface area contributed by atoms with Crippen LogP contribution < -0.4 is 5.32 Å². The van der Waals surface area contributed by atoms with Gasteiger partial charge in [-0.25, -0.2) is 0 Å². The van der Waals surface area contributed by atoms with E-state index in [1.807, 2.05) is 25.1 Å². The van der Waals surface area contributed by atoms with Crippen molar-refractivity contribution >= 4 is 18.3 Å². The number of hydrogen-bond donors (Lipinski definition) is 1. The first kappa shape index (κ1) is 18.9. The molecule has 1 aromatic heterocycles. The van der Waals surface area contributed by atoms with Crippen LogP contribution in [0.3, 0.4) is 0 Å². The van der Waals surface area contributed by atoms with Crippen LogP contribution in [0.25, 0.3) is 0 Å². The van der Waals surface area contributed by atoms with Crippen molar-refractivity contribution in [3.63, 3.8) is 0 Å². The van der Waals surface area contributed by atoms with Gasteiger partial charge in [0.05, 0.1) is 12.2 Å². The third kappa shape index (κ3) is 5.25. The van der Waals surface area contributed by atoms with Crippen molar-refractivity contribution in [2.24, 2.45) is 5.92 Å². The fourth-order valence-corrected chi connectivity index (χ4v) is 2.82. The molecule has 1 aromatic rings. The molecular formula is C17H28ClN3O. The fourth-order valence-electron chi connectivity index (χ4n) is 2.82. The third-order valence-corrected chi connectivity index (χ3v) is 4.36. The molecule has 22 heavy (non-hydrogen) atoms. The molecule has 0 saturated carbocycles. The summed E-state index contributed by atoms with van der Waals surface area (Å²) in [7, 11) is 0. The number of nitrogens with one attached hydrogen (secondary N) is 1. The molecule has 2 atom stereocenters. The number of pyridine rings is 1. The maximum absolute atomic E-state index is 12.8. The van der Waals surface area contributed by atoms with Gasteiger partial charge in [-0.1, -0.05) is 19.9 Å². The van der Waals surface area contributed by atoms with Crippen LogP contribution in [0.1, 0.15) is 45.2 Å². The molecule has 5 heteroatoms. The second kappa shape index (κ2) is 9.80. The Balaban J connectivity index is 0.00000242. The van der Waals surface area contributed by atoms with Gasteiger partial charge in [0, 0.05) is 18.2 Å². The standard InChI is InChI=1S/C17H27N3O.ClH/c1-3-14(2)17(21)20(13-15-7-4-5-11-19-15)16-8-6-10-18-12-9-16;/h4-5,7,11,14,16,18H,3,6,8-10,12-13H2,1-2H3;1H. The number of hydrogen-bond acceptors (Lipinski definition) is 3. The molecule has 1 aliphatic heterocycles. The fraction of sp³-hybridized carbons (Fsp3) is 0.647. The van der Waals surface area contributed by atoms with Gasteiger partial charge in [0.2, 0.25) is 5.91 Å². The molecule has 2 rings (SSSR count). The summed E-state index contributed by atoms with van der Waals surface area (Å²) >= 11 is 0. The summed E-state index contributed by atoms with van der Waals surface area (Å²) < 4.78 is 0. The highest BCUT2D eigenvalue weighted by atomic mass is 35.5. The Bertz CT molecular complexity index is 433. The number of amides is 1. The molecule has 1 aliphatic rings. The Labute approximate surface area is 140 Å². The zero-order valence-corrected chi connectivity index (χ0v) is 14.4. The number of halogens is 1. The average molecular weight is 326 g/mol. The van der Waals surface area contributed by atoms with Crippen LogP contribution in [0.5, 0.6) is 0 Å². The summed E-state index contributed by atoms with van der Waals surface area (Å²) in [6.07, 6.45) is 5.95. The number of carbonyl (C=O) groups is 1. The smallest absolute Gasteiger partial charge is 0.225 e. The first-order chi connectivity index (χ1) is 10.2. The predicted octanol–water partition coefficient (Wildman–Crippen LogP) is 3.02. The largest absolute Gasteiger partial charge is 0.334 e. The van der Waals surface area contributed by atoms with Crippen molar-refractivity contribution in [1.29, 1.82) is 0 Å². The van der Waals surface area contributed by atoms with Crippen LogP contribution in [-0.2, 0) is 11.3 Å². The van der Waals surface area contributed by atoms with Crippen molar-refractivity contribution in [2.45, 2.75) is 52.1 Å². The van der Waals surface area contributed by atoms with Gasteiger partial charge in [0.25, 0.3) is 0 Å². The molecule has 2 heterocycles. The van der Waals surface area contributed by atoms with E-state index in [0.717, 1.165) is 44.5 Å². The van der Waals surface area contributed by atoms with Gasteiger partial charge in [0.1, 0.15) is 0 Å². The lowest BCUT2D eigenvalue weighted by Gasteiger charge is -2.33. The van der Waals surface area contributed by atoms with Gasteiger partial charge in [-0.2, -0.15) is 0 Å². The van der Waals surface area contributed by atoms with E-state index in [1.165, 1.54) is 0 Å². The molecule has 124 valence electrons. The Morgan fingerprint density at radius 3 is 2.91 bits per heavy atom. The van der Waals surface area contributed by atoms with E-state index < -0.39 is 0 Å². The van der Waals surface area contributed by atoms with Crippen LogP contribution in [0.15, 0.2) is 24.4 Å². The molecule has 1 amide bonds. The van der Waals surface area contributed by atoms with Crippen LogP contribution >= 0.6 is 12.4 Å². The normalized spacial score (nSPS) is 19.6. The Morgan fingerprint density at radius 1 is 1.41 bits per heavy atom. The van der Waals surface area contributed by atoms with Crippen LogP contribution in [-0.4, -0.2) is 34.9 Å². The lowest BCUT2D eigenvalue weighted by Crippen LogP contribution is -2.43. The van der Waals surface area contributed by atoms with Crippen molar-refractivity contribution < 1.29 is 4.79 Å². The maximum Gasteiger partial charge on any atom is 0.225 e. The van der Waals surface area contributed by atoms with E-state index >= 15 is 0 Å². The van der Waals surface area contributed by atoms with Crippen LogP contribution in [0.2, 0.25) is 0 Å². The number of rotatable bonds is 5. The summed E-state index contributed by atoms with van der Waals surface area (Å²) in [4.78, 5) is 19.2. The Morgan fingerprint density at radius 2 is 2.23 bits per heavy atom. The number of carbonyl (C=O) groups excluding carboxylic acids is 1. The van der Waals surface area contributed by atoms with Crippen molar-refractivity contribution in [3.8, 4) is 0 Å². The molecule has 1 saturated heterocycles. The van der Waals surface area contributed by atoms with E-state index in [9.17, 15) is 4.79 Å². The second-order valence-corrected chi connectivity index (χ2v) is 5.93. The van der Waals surface area contributed by atoms with Gasteiger partial charge in [0.15, 0.2) is 0 Å². The highest BCUT2D eigenvalue weighted by Crippen LogP contribution is 2.20. The first-order valence-corrected chi connectivity index (χ1v) is 8.13. The molecule has 1 N–H and O–H groups in total. The molecular weight excluding hydrogens is 298 g/mol. The quantitative estimate of drug-likeness (QED) is 0.905. The highest BCUT2D eigenvalue weighted by Gasteiger charge is 2.27. The van der Waals surface area contributed by atoms with E-state index in [-0.39, 0.29) is 24.2 Å². The summed E-state index contributed by atoms with van der Waals surface area (Å²) in [5, 5.41) is 3.42. The zero-order valence-electron chi connectivity index (χ0n) is 13.6. The van der Waals surface area contributed by atoms with Gasteiger partial charge in [-0.15, -0.1) is 12.4 Å². The van der Waals surface area contributed by atoms with Crippen molar-refractivity contribution in [1.82, 2.24) is 15.2 Å². The lowest BCUT2D eigenvalue weighted by atomic mass is 10.0. The van der Waals surface area contributed by atoms with E-state index in [1.54, 1.807) is 6.20 Å². The topological polar surface area (TPSA) is 45.2 Å². The SMILES string of the molecule is CCC(C)C(=O)N(Cc1ccccn1)C1CCCNCC1.Cl. The monoisotopic (exact) mass is 325 g/mol. The van der Waals surface area contributed by atoms with Crippen LogP contribution in [0.4, 0.5) is 0 Å². The Hall–Kier alpha value is -1.13. The number of nitrogens with zero attached hydrogens (tertiary/aromatic N) is 2. The maximum atomic E-state index is 12.8. The highest BCUT2D eigenvalue weighted by molar-refractivity contribution is 5.85. The molecule has 1 fully saturated rings. The second-order valence-electron chi connectivity index (χ2n) is 5.93. The van der Waals surface area contributed by atoms with E-state index in [4.69, 9.17) is 0 Å². The van der Waals surface area contributed by atoms with Gasteiger partial charge in [-0.3, -0.25) is 9.78 Å². The van der Waals surface area contributed by atoms with Crippen LogP contribution in [0, 0.1) is 5.92 Å². The van der Waals surface area contributed by atoms with Gasteiger partial charge >= 0.3 is 0 Å². The summed E-state index contributed by atoms with van der Waals surface area (Å²) in [6, 6.07) is 6.25. The Kier molecular flexibility index (Phi) is 8.43. The van der Waals surface area contributed by atoms with Crippen molar-refractivity contribution in [2.75, 3.05) is 13.1 Å². The minimum absolute atomic E-state index is 0. The summed E-state index contributed by atoms with van der Waals surface area (Å²) in [6.45, 7) is 6.80. The zero-order chi connectivity index (χ0) is 15.1. The molecule has 4 nitrogen and oxygen atoms in total. The molecule has 0 bridgehead atoms. The first-order valence-electron chi connectivity index (χ1n) is 8.13. The molecule has 0 aliphatic carbocycles. The van der Waals surface area contributed by atoms with E-state index in [2.05, 4.69) is 22.1 Å². The molecule has 0 radical (unpaired) electrons. The van der Waals surface area contributed by atoms with Gasteiger partial charge < -0.3 is 10.2 Å². The van der Waals surface area contributed by atoms with Crippen molar-refractivity contribution in [3.05, 3.63) is 30.1 Å². The molecule has 2 unspecified atom stereocenters. The predicted molar refractivity (Wildman–Crippen MR) is 92.0 cm³/mol. The summed E-state index contributed by atoms with van der Waals surface area (Å²) in [5.74, 6) is 0.361. The third-order valence-electron chi connectivity index (χ3n) is 4.36. The minimum Gasteiger partial charge on any atom is -0.334 e. The van der Waals surface area contributed by atoms with E-state index in [0.29, 0.717) is 12.6 Å².